The van der Waals surface area contributed by atoms with Gasteiger partial charge in [0.15, 0.2) is 6.61 Å². The van der Waals surface area contributed by atoms with E-state index in [4.69, 9.17) is 14.8 Å². The minimum absolute atomic E-state index is 0.00172. The van der Waals surface area contributed by atoms with Crippen LogP contribution in [-0.2, 0) is 4.79 Å². The third-order valence-corrected chi connectivity index (χ3v) is 5.96. The smallest absolute Gasteiger partial charge is 0.341 e. The zero-order chi connectivity index (χ0) is 23.5. The van der Waals surface area contributed by atoms with E-state index in [-0.39, 0.29) is 11.5 Å². The van der Waals surface area contributed by atoms with Gasteiger partial charge in [-0.25, -0.2) is 9.78 Å². The van der Waals surface area contributed by atoms with Crippen LogP contribution in [0.1, 0.15) is 37.6 Å². The normalized spacial score (nSPS) is 12.5. The van der Waals surface area contributed by atoms with Gasteiger partial charge in [-0.05, 0) is 41.5 Å². The number of carboxylic acid groups (broad SMARTS) is 1. The Labute approximate surface area is 198 Å². The van der Waals surface area contributed by atoms with Gasteiger partial charge in [0.2, 0.25) is 0 Å². The first-order valence-corrected chi connectivity index (χ1v) is 11.3. The number of rotatable bonds is 7. The van der Waals surface area contributed by atoms with Gasteiger partial charge in [0, 0.05) is 16.0 Å². The standard InChI is InChI=1S/C25H22BrN3O4/c1-3-15(2)24-28-21-10-9-17(26)12-19(21)25(32)29(24)27-13-20-18-7-5-4-6-16(18)8-11-22(20)33-14-23(30)31/h4-13,15H,3,14H2,1-2H3,(H,30,31)/t15-/m1/s1. The lowest BCUT2D eigenvalue weighted by Gasteiger charge is -2.14. The summed E-state index contributed by atoms with van der Waals surface area (Å²) in [5.41, 5.74) is 0.923. The van der Waals surface area contributed by atoms with Gasteiger partial charge in [-0.2, -0.15) is 9.78 Å². The van der Waals surface area contributed by atoms with Crippen molar-refractivity contribution in [1.29, 1.82) is 0 Å². The van der Waals surface area contributed by atoms with E-state index >= 15 is 0 Å². The SMILES string of the molecule is CC[C@@H](C)c1nc2ccc(Br)cc2c(=O)n1N=Cc1c(OCC(=O)O)ccc2ccccc12. The van der Waals surface area contributed by atoms with Crippen molar-refractivity contribution in [3.05, 3.63) is 80.8 Å². The molecular formula is C25H22BrN3O4. The zero-order valence-corrected chi connectivity index (χ0v) is 19.7. The van der Waals surface area contributed by atoms with Crippen LogP contribution in [0.25, 0.3) is 21.7 Å². The van der Waals surface area contributed by atoms with Crippen LogP contribution in [-0.4, -0.2) is 33.6 Å². The number of carbonyl (C=O) groups is 1. The predicted octanol–water partition coefficient (Wildman–Crippen LogP) is 5.17. The molecule has 8 heteroatoms. The number of nitrogens with zero attached hydrogens (tertiary/aromatic N) is 3. The molecule has 33 heavy (non-hydrogen) atoms. The summed E-state index contributed by atoms with van der Waals surface area (Å²) in [5.74, 6) is -0.153. The second kappa shape index (κ2) is 9.54. The topological polar surface area (TPSA) is 93.8 Å². The van der Waals surface area contributed by atoms with Crippen LogP contribution in [0.5, 0.6) is 5.75 Å². The molecule has 0 saturated heterocycles. The van der Waals surface area contributed by atoms with Crippen LogP contribution in [0.2, 0.25) is 0 Å². The monoisotopic (exact) mass is 507 g/mol. The van der Waals surface area contributed by atoms with Gasteiger partial charge in [0.1, 0.15) is 11.6 Å². The van der Waals surface area contributed by atoms with E-state index in [0.717, 1.165) is 21.7 Å². The fraction of sp³-hybridized carbons (Fsp3) is 0.200. The third-order valence-electron chi connectivity index (χ3n) is 5.47. The minimum Gasteiger partial charge on any atom is -0.481 e. The van der Waals surface area contributed by atoms with Crippen LogP contribution in [0.15, 0.2) is 69.0 Å². The maximum atomic E-state index is 13.4. The Bertz CT molecular complexity index is 1450. The Hall–Kier alpha value is -3.52. The van der Waals surface area contributed by atoms with Gasteiger partial charge in [-0.1, -0.05) is 60.1 Å². The predicted molar refractivity (Wildman–Crippen MR) is 132 cm³/mol. The highest BCUT2D eigenvalue weighted by molar-refractivity contribution is 9.10. The lowest BCUT2D eigenvalue weighted by atomic mass is 10.0. The average Bonchev–Trinajstić information content (AvgIpc) is 2.82. The summed E-state index contributed by atoms with van der Waals surface area (Å²) < 4.78 is 7.61. The summed E-state index contributed by atoms with van der Waals surface area (Å²) in [6, 6.07) is 16.6. The van der Waals surface area contributed by atoms with Crippen LogP contribution < -0.4 is 10.3 Å². The van der Waals surface area contributed by atoms with Gasteiger partial charge in [0.05, 0.1) is 17.1 Å². The number of halogens is 1. The van der Waals surface area contributed by atoms with E-state index in [2.05, 4.69) is 21.0 Å². The molecule has 0 saturated carbocycles. The maximum absolute atomic E-state index is 13.4. The highest BCUT2D eigenvalue weighted by atomic mass is 79.9. The fourth-order valence-electron chi connectivity index (χ4n) is 3.57. The molecule has 0 fully saturated rings. The molecule has 0 aliphatic rings. The second-order valence-corrected chi connectivity index (χ2v) is 8.60. The van der Waals surface area contributed by atoms with Crippen LogP contribution in [0.3, 0.4) is 0 Å². The van der Waals surface area contributed by atoms with Crippen molar-refractivity contribution < 1.29 is 14.6 Å². The molecular weight excluding hydrogens is 486 g/mol. The number of hydrogen-bond donors (Lipinski definition) is 1. The lowest BCUT2D eigenvalue weighted by molar-refractivity contribution is -0.139. The van der Waals surface area contributed by atoms with Gasteiger partial charge in [0.25, 0.3) is 5.56 Å². The molecule has 0 spiro atoms. The van der Waals surface area contributed by atoms with E-state index in [1.165, 1.54) is 10.9 Å². The molecule has 4 rings (SSSR count). The zero-order valence-electron chi connectivity index (χ0n) is 18.2. The first-order chi connectivity index (χ1) is 15.9. The quantitative estimate of drug-likeness (QED) is 0.348. The summed E-state index contributed by atoms with van der Waals surface area (Å²) in [4.78, 5) is 29.2. The van der Waals surface area contributed by atoms with E-state index in [1.807, 2.05) is 56.3 Å². The molecule has 4 aromatic rings. The highest BCUT2D eigenvalue weighted by Gasteiger charge is 2.16. The van der Waals surface area contributed by atoms with Crippen molar-refractivity contribution in [2.45, 2.75) is 26.2 Å². The molecule has 0 aliphatic heterocycles. The number of hydrogen-bond acceptors (Lipinski definition) is 5. The number of fused-ring (bicyclic) bond motifs is 2. The summed E-state index contributed by atoms with van der Waals surface area (Å²) in [6.45, 7) is 3.54. The third kappa shape index (κ3) is 4.66. The Morgan fingerprint density at radius 1 is 1.21 bits per heavy atom. The van der Waals surface area contributed by atoms with Gasteiger partial charge < -0.3 is 9.84 Å². The molecule has 1 atom stereocenters. The Morgan fingerprint density at radius 2 is 2.00 bits per heavy atom. The van der Waals surface area contributed by atoms with Crippen LogP contribution in [0, 0.1) is 0 Å². The van der Waals surface area contributed by atoms with Gasteiger partial charge >= 0.3 is 5.97 Å². The van der Waals surface area contributed by atoms with Crippen LogP contribution in [0.4, 0.5) is 0 Å². The number of carboxylic acids is 1. The Kier molecular flexibility index (Phi) is 6.55. The first kappa shape index (κ1) is 22.7. The number of ether oxygens (including phenoxy) is 1. The molecule has 0 unspecified atom stereocenters. The van der Waals surface area contributed by atoms with Crippen molar-refractivity contribution in [2.75, 3.05) is 6.61 Å². The van der Waals surface area contributed by atoms with Gasteiger partial charge in [-0.15, -0.1) is 0 Å². The molecule has 1 heterocycles. The van der Waals surface area contributed by atoms with E-state index < -0.39 is 12.6 Å². The summed E-state index contributed by atoms with van der Waals surface area (Å²) in [5, 5.41) is 15.8. The highest BCUT2D eigenvalue weighted by Crippen LogP contribution is 2.27. The molecule has 1 aromatic heterocycles. The largest absolute Gasteiger partial charge is 0.481 e. The van der Waals surface area contributed by atoms with Crippen molar-refractivity contribution in [2.24, 2.45) is 5.10 Å². The fourth-order valence-corrected chi connectivity index (χ4v) is 3.93. The molecule has 0 aliphatic carbocycles. The maximum Gasteiger partial charge on any atom is 0.341 e. The van der Waals surface area contributed by atoms with Crippen LogP contribution >= 0.6 is 15.9 Å². The number of aromatic nitrogens is 2. The molecule has 0 amide bonds. The average molecular weight is 508 g/mol. The first-order valence-electron chi connectivity index (χ1n) is 10.5. The Balaban J connectivity index is 1.92. The number of benzene rings is 3. The summed E-state index contributed by atoms with van der Waals surface area (Å²) >= 11 is 3.41. The Morgan fingerprint density at radius 3 is 2.76 bits per heavy atom. The second-order valence-electron chi connectivity index (χ2n) is 7.68. The van der Waals surface area contributed by atoms with E-state index in [0.29, 0.717) is 28.0 Å². The number of aliphatic carboxylic acids is 1. The van der Waals surface area contributed by atoms with Gasteiger partial charge in [-0.3, -0.25) is 4.79 Å². The molecule has 3 aromatic carbocycles. The molecule has 0 bridgehead atoms. The molecule has 0 radical (unpaired) electrons. The molecule has 7 nitrogen and oxygen atoms in total. The van der Waals surface area contributed by atoms with E-state index in [9.17, 15) is 9.59 Å². The summed E-state index contributed by atoms with van der Waals surface area (Å²) in [6.07, 6.45) is 2.32. The van der Waals surface area contributed by atoms with Crippen molar-refractivity contribution >= 4 is 49.8 Å². The van der Waals surface area contributed by atoms with E-state index in [1.54, 1.807) is 12.1 Å². The summed E-state index contributed by atoms with van der Waals surface area (Å²) in [7, 11) is 0. The van der Waals surface area contributed by atoms with Crippen molar-refractivity contribution in [3.8, 4) is 5.75 Å². The minimum atomic E-state index is -1.08. The van der Waals surface area contributed by atoms with Crippen molar-refractivity contribution in [1.82, 2.24) is 9.66 Å². The lowest BCUT2D eigenvalue weighted by Crippen LogP contribution is -2.23. The molecule has 1 N–H and O–H groups in total. The van der Waals surface area contributed by atoms with Crippen molar-refractivity contribution in [3.63, 3.8) is 0 Å². The molecule has 168 valence electrons.